The maximum atomic E-state index is 9.92. The number of hydrogen-bond acceptors (Lipinski definition) is 3. The van der Waals surface area contributed by atoms with Gasteiger partial charge in [0, 0.05) is 24.8 Å². The van der Waals surface area contributed by atoms with Crippen molar-refractivity contribution >= 4 is 5.69 Å². The van der Waals surface area contributed by atoms with Gasteiger partial charge in [0.15, 0.2) is 0 Å². The van der Waals surface area contributed by atoms with Crippen molar-refractivity contribution in [3.05, 3.63) is 29.3 Å². The van der Waals surface area contributed by atoms with E-state index in [0.717, 1.165) is 16.8 Å². The van der Waals surface area contributed by atoms with Crippen LogP contribution >= 0.6 is 0 Å². The number of nitrogens with two attached hydrogens (primary N) is 1. The van der Waals surface area contributed by atoms with Crippen molar-refractivity contribution in [1.82, 2.24) is 0 Å². The van der Waals surface area contributed by atoms with Crippen LogP contribution in [0.15, 0.2) is 18.2 Å². The Labute approximate surface area is 84.1 Å². The first kappa shape index (κ1) is 9.49. The number of rotatable bonds is 0. The molecule has 1 aliphatic heterocycles. The van der Waals surface area contributed by atoms with Crippen molar-refractivity contribution in [1.29, 1.82) is 0 Å². The molecule has 0 saturated heterocycles. The summed E-state index contributed by atoms with van der Waals surface area (Å²) in [5.74, 6) is 0. The highest BCUT2D eigenvalue weighted by molar-refractivity contribution is 5.58. The van der Waals surface area contributed by atoms with Crippen LogP contribution in [0.25, 0.3) is 0 Å². The number of aryl methyl sites for hydroxylation is 1. The second kappa shape index (κ2) is 3.26. The third-order valence-corrected chi connectivity index (χ3v) is 2.80. The molecular weight excluding hydrogens is 176 g/mol. The molecule has 3 nitrogen and oxygen atoms in total. The summed E-state index contributed by atoms with van der Waals surface area (Å²) in [5, 5.41) is 9.92. The Bertz CT molecular complexity index is 351. The normalized spacial score (nSPS) is 26.1. The van der Waals surface area contributed by atoms with Gasteiger partial charge in [-0.15, -0.1) is 0 Å². The molecule has 0 bridgehead atoms. The highest BCUT2D eigenvalue weighted by atomic mass is 16.3. The van der Waals surface area contributed by atoms with Crippen LogP contribution in [0.5, 0.6) is 0 Å². The molecule has 1 heterocycles. The number of aliphatic hydroxyl groups is 1. The second-order valence-corrected chi connectivity index (χ2v) is 4.05. The van der Waals surface area contributed by atoms with E-state index in [1.54, 1.807) is 0 Å². The topological polar surface area (TPSA) is 49.5 Å². The van der Waals surface area contributed by atoms with Gasteiger partial charge in [-0.2, -0.15) is 0 Å². The molecule has 0 aromatic heterocycles. The van der Waals surface area contributed by atoms with Crippen LogP contribution in [0, 0.1) is 6.92 Å². The van der Waals surface area contributed by atoms with Crippen molar-refractivity contribution in [3.63, 3.8) is 0 Å². The lowest BCUT2D eigenvalue weighted by molar-refractivity contribution is 0.143. The van der Waals surface area contributed by atoms with E-state index >= 15 is 0 Å². The molecule has 0 saturated carbocycles. The zero-order valence-electron chi connectivity index (χ0n) is 8.57. The zero-order valence-corrected chi connectivity index (χ0v) is 8.57. The van der Waals surface area contributed by atoms with Gasteiger partial charge in [0.05, 0.1) is 12.1 Å². The Balaban J connectivity index is 2.51. The molecule has 2 rings (SSSR count). The van der Waals surface area contributed by atoms with Gasteiger partial charge in [-0.3, -0.25) is 0 Å². The summed E-state index contributed by atoms with van der Waals surface area (Å²) in [5.41, 5.74) is 9.04. The summed E-state index contributed by atoms with van der Waals surface area (Å²) >= 11 is 0. The molecule has 2 unspecified atom stereocenters. The van der Waals surface area contributed by atoms with Gasteiger partial charge in [-0.05, 0) is 13.0 Å². The quantitative estimate of drug-likeness (QED) is 0.639. The molecule has 0 fully saturated rings. The van der Waals surface area contributed by atoms with E-state index in [0.29, 0.717) is 6.54 Å². The Morgan fingerprint density at radius 3 is 2.93 bits per heavy atom. The lowest BCUT2D eigenvalue weighted by atomic mass is 9.94. The van der Waals surface area contributed by atoms with Crippen LogP contribution in [-0.2, 0) is 0 Å². The van der Waals surface area contributed by atoms with Crippen molar-refractivity contribution in [3.8, 4) is 0 Å². The molecule has 0 amide bonds. The first-order valence-electron chi connectivity index (χ1n) is 4.85. The number of aliphatic hydroxyl groups excluding tert-OH is 1. The highest BCUT2D eigenvalue weighted by Crippen LogP contribution is 2.32. The van der Waals surface area contributed by atoms with Crippen LogP contribution < -0.4 is 10.6 Å². The molecule has 1 aromatic rings. The van der Waals surface area contributed by atoms with E-state index in [9.17, 15) is 5.11 Å². The fourth-order valence-corrected chi connectivity index (χ4v) is 2.00. The average Bonchev–Trinajstić information content (AvgIpc) is 2.14. The van der Waals surface area contributed by atoms with Gasteiger partial charge in [0.25, 0.3) is 0 Å². The van der Waals surface area contributed by atoms with Crippen molar-refractivity contribution in [2.75, 3.05) is 18.5 Å². The summed E-state index contributed by atoms with van der Waals surface area (Å²) in [6.07, 6.45) is -0.527. The third kappa shape index (κ3) is 1.38. The average molecular weight is 192 g/mol. The molecule has 3 heteroatoms. The number of benzene rings is 1. The molecule has 0 radical (unpaired) electrons. The fourth-order valence-electron chi connectivity index (χ4n) is 2.00. The summed E-state index contributed by atoms with van der Waals surface area (Å²) in [6, 6.07) is 5.92. The van der Waals surface area contributed by atoms with Crippen molar-refractivity contribution in [2.24, 2.45) is 5.73 Å². The lowest BCUT2D eigenvalue weighted by Crippen LogP contribution is -2.44. The van der Waals surface area contributed by atoms with Crippen LogP contribution in [0.2, 0.25) is 0 Å². The van der Waals surface area contributed by atoms with Gasteiger partial charge < -0.3 is 15.7 Å². The summed E-state index contributed by atoms with van der Waals surface area (Å²) < 4.78 is 0. The number of nitrogens with zero attached hydrogens (tertiary/aromatic N) is 1. The molecule has 0 spiro atoms. The second-order valence-electron chi connectivity index (χ2n) is 4.05. The first-order valence-corrected chi connectivity index (χ1v) is 4.85. The molecule has 2 atom stereocenters. The molecule has 0 aliphatic carbocycles. The van der Waals surface area contributed by atoms with Crippen LogP contribution in [0.4, 0.5) is 5.69 Å². The van der Waals surface area contributed by atoms with Crippen LogP contribution in [0.3, 0.4) is 0 Å². The standard InChI is InChI=1S/C11H16N2O/c1-7-3-4-10-8(5-7)11(14)9(12)6-13(10)2/h3-5,9,11,14H,6,12H2,1-2H3. The first-order chi connectivity index (χ1) is 6.59. The van der Waals surface area contributed by atoms with E-state index in [1.807, 2.05) is 26.1 Å². The molecule has 1 aromatic carbocycles. The lowest BCUT2D eigenvalue weighted by Gasteiger charge is -2.35. The van der Waals surface area contributed by atoms with E-state index in [2.05, 4.69) is 11.0 Å². The molecule has 14 heavy (non-hydrogen) atoms. The summed E-state index contributed by atoms with van der Waals surface area (Å²) in [4.78, 5) is 2.09. The van der Waals surface area contributed by atoms with Crippen molar-refractivity contribution < 1.29 is 5.11 Å². The Morgan fingerprint density at radius 2 is 2.21 bits per heavy atom. The monoisotopic (exact) mass is 192 g/mol. The maximum absolute atomic E-state index is 9.92. The molecule has 3 N–H and O–H groups in total. The van der Waals surface area contributed by atoms with Crippen LogP contribution in [0.1, 0.15) is 17.2 Å². The zero-order chi connectivity index (χ0) is 10.3. The van der Waals surface area contributed by atoms with Crippen molar-refractivity contribution in [2.45, 2.75) is 19.1 Å². The van der Waals surface area contributed by atoms with Gasteiger partial charge in [-0.1, -0.05) is 17.7 Å². The van der Waals surface area contributed by atoms with Gasteiger partial charge in [-0.25, -0.2) is 0 Å². The van der Waals surface area contributed by atoms with Gasteiger partial charge >= 0.3 is 0 Å². The number of fused-ring (bicyclic) bond motifs is 1. The summed E-state index contributed by atoms with van der Waals surface area (Å²) in [7, 11) is 2.00. The van der Waals surface area contributed by atoms with E-state index in [-0.39, 0.29) is 6.04 Å². The van der Waals surface area contributed by atoms with Gasteiger partial charge in [0.1, 0.15) is 0 Å². The Kier molecular flexibility index (Phi) is 2.21. The Morgan fingerprint density at radius 1 is 1.50 bits per heavy atom. The number of likely N-dealkylation sites (N-methyl/N-ethyl adjacent to an activating group) is 1. The fraction of sp³-hybridized carbons (Fsp3) is 0.455. The molecule has 76 valence electrons. The molecule has 1 aliphatic rings. The number of hydrogen-bond donors (Lipinski definition) is 2. The van der Waals surface area contributed by atoms with E-state index in [4.69, 9.17) is 5.73 Å². The predicted octanol–water partition coefficient (Wildman–Crippen LogP) is 0.806. The van der Waals surface area contributed by atoms with Crippen LogP contribution in [-0.4, -0.2) is 24.7 Å². The largest absolute Gasteiger partial charge is 0.387 e. The van der Waals surface area contributed by atoms with E-state index < -0.39 is 6.10 Å². The maximum Gasteiger partial charge on any atom is 0.0978 e. The third-order valence-electron chi connectivity index (χ3n) is 2.80. The van der Waals surface area contributed by atoms with E-state index in [1.165, 1.54) is 0 Å². The minimum absolute atomic E-state index is 0.186. The Hall–Kier alpha value is -1.06. The smallest absolute Gasteiger partial charge is 0.0978 e. The predicted molar refractivity (Wildman–Crippen MR) is 57.4 cm³/mol. The SMILES string of the molecule is Cc1ccc2c(c1)C(O)C(N)CN2C. The summed E-state index contributed by atoms with van der Waals surface area (Å²) in [6.45, 7) is 2.73. The minimum Gasteiger partial charge on any atom is -0.387 e. The highest BCUT2D eigenvalue weighted by Gasteiger charge is 2.27. The minimum atomic E-state index is -0.527. The molecular formula is C11H16N2O. The number of anilines is 1. The van der Waals surface area contributed by atoms with Gasteiger partial charge in [0.2, 0.25) is 0 Å².